The first-order valence-corrected chi connectivity index (χ1v) is 11.7. The zero-order chi connectivity index (χ0) is 23.2. The van der Waals surface area contributed by atoms with Crippen LogP contribution in [0.3, 0.4) is 0 Å². The molecule has 1 fully saturated rings. The van der Waals surface area contributed by atoms with E-state index in [-0.39, 0.29) is 30.4 Å². The van der Waals surface area contributed by atoms with E-state index in [9.17, 15) is 29.3 Å². The molecule has 176 valence electrons. The van der Waals surface area contributed by atoms with Crippen LogP contribution in [0.15, 0.2) is 47.4 Å². The molecule has 0 saturated carbocycles. The van der Waals surface area contributed by atoms with Gasteiger partial charge in [0, 0.05) is 5.92 Å². The summed E-state index contributed by atoms with van der Waals surface area (Å²) >= 11 is 0. The number of aliphatic hydroxyl groups is 1. The minimum Gasteiger partial charge on any atom is -0.491 e. The molecule has 0 spiro atoms. The van der Waals surface area contributed by atoms with Crippen molar-refractivity contribution in [3.8, 4) is 5.75 Å². The largest absolute Gasteiger partial charge is 0.491 e. The lowest BCUT2D eigenvalue weighted by molar-refractivity contribution is -0.0507. The number of carbonyl (C=O) groups excluding carboxylic acids is 1. The molecule has 1 aliphatic carbocycles. The molecule has 1 aliphatic heterocycles. The van der Waals surface area contributed by atoms with Gasteiger partial charge in [0.05, 0.1) is 37.7 Å². The molecule has 1 saturated heterocycles. The van der Waals surface area contributed by atoms with Gasteiger partial charge in [-0.15, -0.1) is 0 Å². The van der Waals surface area contributed by atoms with E-state index in [0.29, 0.717) is 25.2 Å². The van der Waals surface area contributed by atoms with Crippen molar-refractivity contribution < 1.29 is 38.8 Å². The highest BCUT2D eigenvalue weighted by atomic mass is 32.5. The number of hydrogen-bond acceptors (Lipinski definition) is 4. The van der Waals surface area contributed by atoms with Crippen LogP contribution in [0, 0.1) is 5.92 Å². The fourth-order valence-corrected chi connectivity index (χ4v) is 4.26. The number of anilines is 1. The van der Waals surface area contributed by atoms with Crippen LogP contribution in [0.25, 0.3) is 0 Å². The van der Waals surface area contributed by atoms with Crippen LogP contribution in [0.5, 0.6) is 5.75 Å². The number of carbonyl (C=O) groups is 1. The molecule has 6 nitrogen and oxygen atoms in total. The van der Waals surface area contributed by atoms with E-state index >= 15 is 0 Å². The van der Waals surface area contributed by atoms with Gasteiger partial charge in [0.1, 0.15) is 10.6 Å². The molecule has 2 amide bonds. The van der Waals surface area contributed by atoms with Crippen LogP contribution >= 0.6 is 10.2 Å². The summed E-state index contributed by atoms with van der Waals surface area (Å²) in [6, 6.07) is 6.44. The van der Waals surface area contributed by atoms with Gasteiger partial charge in [0.15, 0.2) is 0 Å². The molecule has 2 aromatic carbocycles. The number of hydrogen-bond donors (Lipinski definition) is 3. The summed E-state index contributed by atoms with van der Waals surface area (Å²) in [6.45, 7) is 0.905. The van der Waals surface area contributed by atoms with Gasteiger partial charge < -0.3 is 25.2 Å². The summed E-state index contributed by atoms with van der Waals surface area (Å²) in [6.07, 6.45) is -0.705. The Hall–Kier alpha value is -2.57. The Morgan fingerprint density at radius 3 is 2.47 bits per heavy atom. The van der Waals surface area contributed by atoms with Crippen LogP contribution in [0.4, 0.5) is 29.9 Å². The van der Waals surface area contributed by atoms with Crippen molar-refractivity contribution in [1.82, 2.24) is 5.32 Å². The maximum Gasteiger partial charge on any atom is 0.319 e. The summed E-state index contributed by atoms with van der Waals surface area (Å²) in [7, 11) is -9.98. The minimum absolute atomic E-state index is 0.0131. The van der Waals surface area contributed by atoms with E-state index in [2.05, 4.69) is 10.6 Å². The third-order valence-corrected chi connectivity index (χ3v) is 6.48. The van der Waals surface area contributed by atoms with Crippen molar-refractivity contribution in [3.63, 3.8) is 0 Å². The lowest BCUT2D eigenvalue weighted by atomic mass is 10.1. The third-order valence-electron chi connectivity index (χ3n) is 5.34. The molecule has 2 unspecified atom stereocenters. The highest BCUT2D eigenvalue weighted by Gasteiger charge is 2.65. The highest BCUT2D eigenvalue weighted by molar-refractivity contribution is 8.45. The van der Waals surface area contributed by atoms with Crippen LogP contribution < -0.4 is 15.4 Å². The van der Waals surface area contributed by atoms with Gasteiger partial charge >= 0.3 is 16.3 Å². The molecule has 0 bridgehead atoms. The van der Waals surface area contributed by atoms with Gasteiger partial charge in [-0.3, -0.25) is 0 Å². The van der Waals surface area contributed by atoms with E-state index < -0.39 is 39.0 Å². The van der Waals surface area contributed by atoms with Crippen molar-refractivity contribution in [2.45, 2.75) is 23.5 Å². The van der Waals surface area contributed by atoms with E-state index in [1.165, 1.54) is 0 Å². The number of urea groups is 1. The molecule has 0 radical (unpaired) electrons. The standard InChI is InChI=1S/C20H21F5N2O4S/c21-32(22,23,24,25)14-5-6-18(31-11-12-9-30-10-12)16(8-14)26-20(29)27-17-7-13-3-1-2-4-15(13)19(17)28/h1-6,8,12,17,19,28H,7,9-11H2,(H2,26,27,29). The van der Waals surface area contributed by atoms with Crippen molar-refractivity contribution in [3.05, 3.63) is 53.6 Å². The molecule has 4 rings (SSSR count). The Morgan fingerprint density at radius 2 is 1.84 bits per heavy atom. The second-order valence-corrected chi connectivity index (χ2v) is 10.3. The van der Waals surface area contributed by atoms with E-state index in [1.54, 1.807) is 24.3 Å². The maximum atomic E-state index is 13.3. The number of amides is 2. The van der Waals surface area contributed by atoms with Crippen molar-refractivity contribution >= 4 is 21.9 Å². The molecule has 2 aliphatic rings. The maximum absolute atomic E-state index is 13.3. The Balaban J connectivity index is 1.53. The molecule has 1 heterocycles. The molecular formula is C20H21F5N2O4S. The van der Waals surface area contributed by atoms with Crippen LogP contribution in [0.1, 0.15) is 17.2 Å². The number of nitrogens with one attached hydrogen (secondary N) is 2. The quantitative estimate of drug-likeness (QED) is 0.500. The smallest absolute Gasteiger partial charge is 0.319 e. The predicted molar refractivity (Wildman–Crippen MR) is 109 cm³/mol. The molecular weight excluding hydrogens is 459 g/mol. The number of benzene rings is 2. The average Bonchev–Trinajstić information content (AvgIpc) is 2.95. The summed E-state index contributed by atoms with van der Waals surface area (Å²) in [4.78, 5) is 10.3. The summed E-state index contributed by atoms with van der Waals surface area (Å²) < 4.78 is 76.9. The molecule has 2 aromatic rings. The number of rotatable bonds is 6. The number of fused-ring (bicyclic) bond motifs is 1. The zero-order valence-corrected chi connectivity index (χ0v) is 17.4. The second kappa shape index (κ2) is 7.22. The van der Waals surface area contributed by atoms with Crippen molar-refractivity contribution in [2.24, 2.45) is 5.92 Å². The Labute approximate surface area is 180 Å². The van der Waals surface area contributed by atoms with Gasteiger partial charge in [0.25, 0.3) is 0 Å². The predicted octanol–water partition coefficient (Wildman–Crippen LogP) is 5.15. The second-order valence-electron chi connectivity index (χ2n) is 7.89. The molecule has 32 heavy (non-hydrogen) atoms. The number of ether oxygens (including phenoxy) is 2. The van der Waals surface area contributed by atoms with Crippen molar-refractivity contribution in [2.75, 3.05) is 25.1 Å². The first kappa shape index (κ1) is 22.6. The first-order valence-electron chi connectivity index (χ1n) is 9.72. The summed E-state index contributed by atoms with van der Waals surface area (Å²) in [5.74, 6) is -0.174. The van der Waals surface area contributed by atoms with Gasteiger partial charge in [0.2, 0.25) is 0 Å². The number of aliphatic hydroxyl groups excluding tert-OH is 1. The Kier molecular flexibility index (Phi) is 5.10. The lowest BCUT2D eigenvalue weighted by Crippen LogP contribution is -2.40. The van der Waals surface area contributed by atoms with E-state index in [1.807, 2.05) is 0 Å². The zero-order valence-electron chi connectivity index (χ0n) is 16.6. The van der Waals surface area contributed by atoms with Crippen LogP contribution in [-0.4, -0.2) is 37.0 Å². The average molecular weight is 480 g/mol. The van der Waals surface area contributed by atoms with Gasteiger partial charge in [-0.2, -0.15) is 0 Å². The van der Waals surface area contributed by atoms with Gasteiger partial charge in [-0.25, -0.2) is 4.79 Å². The van der Waals surface area contributed by atoms with E-state index in [4.69, 9.17) is 9.47 Å². The molecule has 3 N–H and O–H groups in total. The normalized spacial score (nSPS) is 22.8. The van der Waals surface area contributed by atoms with Gasteiger partial charge in [-0.1, -0.05) is 43.7 Å². The van der Waals surface area contributed by atoms with Gasteiger partial charge in [-0.05, 0) is 35.7 Å². The van der Waals surface area contributed by atoms with Crippen molar-refractivity contribution in [1.29, 1.82) is 0 Å². The fourth-order valence-electron chi connectivity index (χ4n) is 3.59. The molecule has 0 aromatic heterocycles. The lowest BCUT2D eigenvalue weighted by Gasteiger charge is -2.40. The summed E-state index contributed by atoms with van der Waals surface area (Å²) in [5.41, 5.74) is 0.894. The third kappa shape index (κ3) is 4.92. The Bertz CT molecular complexity index is 1050. The monoisotopic (exact) mass is 480 g/mol. The van der Waals surface area contributed by atoms with Crippen LogP contribution in [-0.2, 0) is 11.2 Å². The fraction of sp³-hybridized carbons (Fsp3) is 0.350. The number of halogens is 5. The highest BCUT2D eigenvalue weighted by Crippen LogP contribution is 3.02. The molecule has 12 heteroatoms. The van der Waals surface area contributed by atoms with E-state index in [0.717, 1.165) is 11.6 Å². The topological polar surface area (TPSA) is 79.8 Å². The Morgan fingerprint density at radius 1 is 1.12 bits per heavy atom. The minimum atomic E-state index is -9.98. The SMILES string of the molecule is O=C(Nc1cc(S(F)(F)(F)(F)F)ccc1OCC1COC1)NC1Cc2ccccc2C1O. The summed E-state index contributed by atoms with van der Waals surface area (Å²) in [5, 5.41) is 15.0. The molecule has 2 atom stereocenters. The van der Waals surface area contributed by atoms with Crippen LogP contribution in [0.2, 0.25) is 0 Å². The first-order chi connectivity index (χ1) is 14.8.